The van der Waals surface area contributed by atoms with Gasteiger partial charge in [-0.2, -0.15) is 0 Å². The van der Waals surface area contributed by atoms with E-state index in [1.165, 1.54) is 35.6 Å². The lowest BCUT2D eigenvalue weighted by Crippen LogP contribution is -2.11. The van der Waals surface area contributed by atoms with E-state index in [4.69, 9.17) is 9.72 Å². The maximum Gasteiger partial charge on any atom is 0.256 e. The van der Waals surface area contributed by atoms with E-state index < -0.39 is 0 Å². The minimum atomic E-state index is -0.351. The highest BCUT2D eigenvalue weighted by Gasteiger charge is 2.18. The second-order valence-electron chi connectivity index (χ2n) is 7.60. The summed E-state index contributed by atoms with van der Waals surface area (Å²) < 4.78 is 32.4. The van der Waals surface area contributed by atoms with Crippen molar-refractivity contribution in [2.75, 3.05) is 5.32 Å². The van der Waals surface area contributed by atoms with Crippen molar-refractivity contribution in [1.29, 1.82) is 0 Å². The zero-order valence-electron chi connectivity index (χ0n) is 18.2. The third kappa shape index (κ3) is 5.26. The van der Waals surface area contributed by atoms with Crippen LogP contribution in [0.1, 0.15) is 10.4 Å². The van der Waals surface area contributed by atoms with Crippen molar-refractivity contribution in [3.63, 3.8) is 0 Å². The lowest BCUT2D eigenvalue weighted by molar-refractivity contribution is 0.102. The standard InChI is InChI=1S/C28H18F2N2O2S/c29-21-10-6-18(7-11-21)25-28(32-26(33)19-4-2-1-3-5-19)35-27(31-25)20-8-14-23(15-9-20)34-24-16-12-22(30)13-17-24/h1-17H,(H,32,33). The van der Waals surface area contributed by atoms with Crippen molar-refractivity contribution < 1.29 is 18.3 Å². The Balaban J connectivity index is 1.44. The molecule has 0 aliphatic carbocycles. The van der Waals surface area contributed by atoms with Gasteiger partial charge >= 0.3 is 0 Å². The second kappa shape index (κ2) is 9.87. The van der Waals surface area contributed by atoms with Gasteiger partial charge in [0.2, 0.25) is 0 Å². The molecule has 0 atom stereocenters. The van der Waals surface area contributed by atoms with E-state index in [0.29, 0.717) is 38.3 Å². The summed E-state index contributed by atoms with van der Waals surface area (Å²) in [6, 6.07) is 28.0. The second-order valence-corrected chi connectivity index (χ2v) is 8.60. The van der Waals surface area contributed by atoms with E-state index in [9.17, 15) is 13.6 Å². The highest BCUT2D eigenvalue weighted by atomic mass is 32.1. The number of carbonyl (C=O) groups excluding carboxylic acids is 1. The molecule has 5 rings (SSSR count). The highest BCUT2D eigenvalue weighted by molar-refractivity contribution is 7.19. The molecule has 0 spiro atoms. The lowest BCUT2D eigenvalue weighted by Gasteiger charge is -2.06. The Labute approximate surface area is 204 Å². The molecule has 1 N–H and O–H groups in total. The molecule has 1 aromatic heterocycles. The Kier molecular flexibility index (Phi) is 6.32. The Bertz CT molecular complexity index is 1450. The summed E-state index contributed by atoms with van der Waals surface area (Å²) in [5, 5.41) is 4.19. The summed E-state index contributed by atoms with van der Waals surface area (Å²) in [7, 11) is 0. The number of thiazole rings is 1. The summed E-state index contributed by atoms with van der Waals surface area (Å²) >= 11 is 1.33. The molecule has 0 bridgehead atoms. The largest absolute Gasteiger partial charge is 0.457 e. The molecule has 0 fully saturated rings. The number of nitrogens with zero attached hydrogens (tertiary/aromatic N) is 1. The first-order valence-electron chi connectivity index (χ1n) is 10.7. The minimum Gasteiger partial charge on any atom is -0.457 e. The average molecular weight is 485 g/mol. The van der Waals surface area contributed by atoms with Gasteiger partial charge in [-0.05, 0) is 84.9 Å². The SMILES string of the molecule is O=C(Nc1sc(-c2ccc(Oc3ccc(F)cc3)cc2)nc1-c1ccc(F)cc1)c1ccccc1. The van der Waals surface area contributed by atoms with Gasteiger partial charge in [0.25, 0.3) is 5.91 Å². The molecule has 172 valence electrons. The van der Waals surface area contributed by atoms with Crippen LogP contribution in [0.3, 0.4) is 0 Å². The van der Waals surface area contributed by atoms with Gasteiger partial charge in [-0.25, -0.2) is 13.8 Å². The predicted molar refractivity (Wildman–Crippen MR) is 134 cm³/mol. The quantitative estimate of drug-likeness (QED) is 0.268. The van der Waals surface area contributed by atoms with Crippen LogP contribution in [0.2, 0.25) is 0 Å². The number of halogens is 2. The molecule has 0 saturated carbocycles. The van der Waals surface area contributed by atoms with Crippen molar-refractivity contribution in [3.05, 3.63) is 120 Å². The topological polar surface area (TPSA) is 51.2 Å². The zero-order chi connectivity index (χ0) is 24.2. The van der Waals surface area contributed by atoms with Crippen molar-refractivity contribution in [1.82, 2.24) is 4.98 Å². The van der Waals surface area contributed by atoms with Crippen LogP contribution in [0.15, 0.2) is 103 Å². The van der Waals surface area contributed by atoms with E-state index in [2.05, 4.69) is 5.32 Å². The molecule has 35 heavy (non-hydrogen) atoms. The maximum absolute atomic E-state index is 13.5. The fourth-order valence-corrected chi connectivity index (χ4v) is 4.39. The smallest absolute Gasteiger partial charge is 0.256 e. The first kappa shape index (κ1) is 22.4. The summed E-state index contributed by atoms with van der Waals surface area (Å²) in [6.45, 7) is 0. The number of carbonyl (C=O) groups is 1. The summed E-state index contributed by atoms with van der Waals surface area (Å²) in [6.07, 6.45) is 0. The number of benzene rings is 4. The molecule has 1 heterocycles. The summed E-state index contributed by atoms with van der Waals surface area (Å²) in [5.41, 5.74) is 2.59. The Morgan fingerprint density at radius 2 is 1.26 bits per heavy atom. The molecule has 1 amide bonds. The van der Waals surface area contributed by atoms with E-state index in [0.717, 1.165) is 5.56 Å². The molecule has 0 aliphatic heterocycles. The molecule has 4 nitrogen and oxygen atoms in total. The van der Waals surface area contributed by atoms with Crippen LogP contribution in [-0.4, -0.2) is 10.9 Å². The number of hydrogen-bond donors (Lipinski definition) is 1. The van der Waals surface area contributed by atoms with Gasteiger partial charge in [0.05, 0.1) is 0 Å². The number of hydrogen-bond acceptors (Lipinski definition) is 4. The zero-order valence-corrected chi connectivity index (χ0v) is 19.1. The predicted octanol–water partition coefficient (Wildman–Crippen LogP) is 7.80. The van der Waals surface area contributed by atoms with Crippen molar-refractivity contribution in [2.45, 2.75) is 0 Å². The van der Waals surface area contributed by atoms with Gasteiger partial charge < -0.3 is 10.1 Å². The molecular weight excluding hydrogens is 466 g/mol. The molecule has 0 radical (unpaired) electrons. The molecule has 5 aromatic rings. The fourth-order valence-electron chi connectivity index (χ4n) is 3.40. The molecule has 4 aromatic carbocycles. The Morgan fingerprint density at radius 1 is 0.714 bits per heavy atom. The number of aromatic nitrogens is 1. The fraction of sp³-hybridized carbons (Fsp3) is 0. The third-order valence-corrected chi connectivity index (χ3v) is 6.18. The number of anilines is 1. The average Bonchev–Trinajstić information content (AvgIpc) is 3.30. The third-order valence-electron chi connectivity index (χ3n) is 5.16. The van der Waals surface area contributed by atoms with Gasteiger partial charge in [0.1, 0.15) is 38.8 Å². The Morgan fingerprint density at radius 3 is 1.89 bits per heavy atom. The number of nitrogens with one attached hydrogen (secondary N) is 1. The Hall–Kier alpha value is -4.36. The molecular formula is C28H18F2N2O2S. The van der Waals surface area contributed by atoms with Gasteiger partial charge in [-0.15, -0.1) is 0 Å². The van der Waals surface area contributed by atoms with Crippen LogP contribution >= 0.6 is 11.3 Å². The van der Waals surface area contributed by atoms with Crippen LogP contribution in [0.25, 0.3) is 21.8 Å². The molecule has 0 unspecified atom stereocenters. The molecule has 0 saturated heterocycles. The monoisotopic (exact) mass is 484 g/mol. The lowest BCUT2D eigenvalue weighted by atomic mass is 10.1. The molecule has 0 aliphatic rings. The van der Waals surface area contributed by atoms with Gasteiger partial charge in [0, 0.05) is 16.7 Å². The van der Waals surface area contributed by atoms with Crippen LogP contribution < -0.4 is 10.1 Å². The normalized spacial score (nSPS) is 10.7. The summed E-state index contributed by atoms with van der Waals surface area (Å²) in [5.74, 6) is 0.179. The minimum absolute atomic E-state index is 0.257. The first-order valence-corrected chi connectivity index (χ1v) is 11.5. The van der Waals surface area contributed by atoms with Gasteiger partial charge in [-0.3, -0.25) is 4.79 Å². The van der Waals surface area contributed by atoms with Crippen molar-refractivity contribution >= 4 is 22.2 Å². The number of amides is 1. The maximum atomic E-state index is 13.5. The van der Waals surface area contributed by atoms with E-state index in [-0.39, 0.29) is 17.5 Å². The van der Waals surface area contributed by atoms with Crippen LogP contribution in [0.4, 0.5) is 13.8 Å². The van der Waals surface area contributed by atoms with Gasteiger partial charge in [-0.1, -0.05) is 29.5 Å². The highest BCUT2D eigenvalue weighted by Crippen LogP contribution is 2.39. The van der Waals surface area contributed by atoms with E-state index >= 15 is 0 Å². The van der Waals surface area contributed by atoms with Crippen LogP contribution in [0.5, 0.6) is 11.5 Å². The van der Waals surface area contributed by atoms with Crippen molar-refractivity contribution in [3.8, 4) is 33.3 Å². The number of ether oxygens (including phenoxy) is 1. The van der Waals surface area contributed by atoms with E-state index in [1.807, 2.05) is 18.2 Å². The summed E-state index contributed by atoms with van der Waals surface area (Å²) in [4.78, 5) is 17.6. The number of rotatable bonds is 6. The van der Waals surface area contributed by atoms with Crippen LogP contribution in [-0.2, 0) is 0 Å². The van der Waals surface area contributed by atoms with Gasteiger partial charge in [0.15, 0.2) is 0 Å². The van der Waals surface area contributed by atoms with Crippen LogP contribution in [0, 0.1) is 11.6 Å². The molecule has 7 heteroatoms. The first-order chi connectivity index (χ1) is 17.0. The van der Waals surface area contributed by atoms with Crippen molar-refractivity contribution in [2.24, 2.45) is 0 Å². The van der Waals surface area contributed by atoms with E-state index in [1.54, 1.807) is 60.7 Å².